The van der Waals surface area contributed by atoms with Gasteiger partial charge in [0.05, 0.1) is 12.8 Å². The Morgan fingerprint density at radius 3 is 2.96 bits per heavy atom. The summed E-state index contributed by atoms with van der Waals surface area (Å²) < 4.78 is 7.72. The molecular formula is C21H27N2O2+. The first kappa shape index (κ1) is 16.4. The minimum atomic E-state index is -0.363. The number of quaternary nitrogens is 1. The normalized spacial score (nSPS) is 15.4. The Morgan fingerprint density at radius 2 is 2.12 bits per heavy atom. The summed E-state index contributed by atoms with van der Waals surface area (Å²) in [6.45, 7) is 4.28. The van der Waals surface area contributed by atoms with Crippen LogP contribution in [0.3, 0.4) is 0 Å². The number of nitrogens with zero attached hydrogens (tertiary/aromatic N) is 1. The largest absolute Gasteiger partial charge is 0.463 e. The number of rotatable bonds is 6. The van der Waals surface area contributed by atoms with Crippen molar-refractivity contribution in [3.63, 3.8) is 0 Å². The van der Waals surface area contributed by atoms with E-state index in [0.29, 0.717) is 13.1 Å². The molecule has 3 N–H and O–H groups in total. The lowest BCUT2D eigenvalue weighted by molar-refractivity contribution is -0.678. The van der Waals surface area contributed by atoms with Gasteiger partial charge in [-0.2, -0.15) is 0 Å². The predicted molar refractivity (Wildman–Crippen MR) is 98.5 cm³/mol. The Hall–Kier alpha value is -2.04. The van der Waals surface area contributed by atoms with Crippen molar-refractivity contribution < 1.29 is 14.8 Å². The molecule has 0 saturated carbocycles. The molecule has 0 aliphatic heterocycles. The molecule has 132 valence electrons. The summed E-state index contributed by atoms with van der Waals surface area (Å²) in [6.07, 6.45) is 6.16. The Labute approximate surface area is 148 Å². The topological polar surface area (TPSA) is 54.9 Å². The molecule has 2 heterocycles. The summed E-state index contributed by atoms with van der Waals surface area (Å²) in [6, 6.07) is 10.6. The number of nitrogens with two attached hydrogens (primary N) is 1. The average molecular weight is 339 g/mol. The summed E-state index contributed by atoms with van der Waals surface area (Å²) in [5.41, 5.74) is 5.54. The minimum Gasteiger partial charge on any atom is -0.463 e. The van der Waals surface area contributed by atoms with Crippen LogP contribution in [0.25, 0.3) is 10.9 Å². The van der Waals surface area contributed by atoms with E-state index in [1.165, 1.54) is 47.0 Å². The van der Waals surface area contributed by atoms with Crippen molar-refractivity contribution in [1.29, 1.82) is 0 Å². The van der Waals surface area contributed by atoms with Gasteiger partial charge in [0.25, 0.3) is 0 Å². The maximum Gasteiger partial charge on any atom is 0.157 e. The van der Waals surface area contributed by atoms with Crippen LogP contribution in [-0.2, 0) is 25.9 Å². The number of benzene rings is 1. The summed E-state index contributed by atoms with van der Waals surface area (Å²) in [7, 11) is 0. The molecule has 0 spiro atoms. The van der Waals surface area contributed by atoms with Gasteiger partial charge in [0.2, 0.25) is 0 Å². The molecular weight excluding hydrogens is 312 g/mol. The number of hydrogen-bond donors (Lipinski definition) is 2. The van der Waals surface area contributed by atoms with Crippen molar-refractivity contribution in [2.75, 3.05) is 6.54 Å². The zero-order valence-electron chi connectivity index (χ0n) is 14.9. The van der Waals surface area contributed by atoms with E-state index in [-0.39, 0.29) is 6.10 Å². The number of hydrogen-bond acceptors (Lipinski definition) is 2. The van der Waals surface area contributed by atoms with E-state index in [1.807, 2.05) is 12.1 Å². The van der Waals surface area contributed by atoms with E-state index >= 15 is 0 Å². The highest BCUT2D eigenvalue weighted by atomic mass is 16.3. The molecule has 4 heteroatoms. The zero-order chi connectivity index (χ0) is 17.2. The highest BCUT2D eigenvalue weighted by Gasteiger charge is 2.21. The molecule has 1 aromatic carbocycles. The summed E-state index contributed by atoms with van der Waals surface area (Å²) >= 11 is 0. The van der Waals surface area contributed by atoms with Gasteiger partial charge in [-0.05, 0) is 62.4 Å². The fraction of sp³-hybridized carbons (Fsp3) is 0.429. The quantitative estimate of drug-likeness (QED) is 0.725. The van der Waals surface area contributed by atoms with Crippen LogP contribution < -0.4 is 5.32 Å². The standard InChI is InChI=1S/C21H26N2O2/c1-15-8-9-21-19(11-15)18-6-2-3-7-20(18)23(21)14-16(24)12-22-13-17-5-4-10-25-17/h4-5,8-11,16,22,24H,2-3,6-7,12-14H2,1H3/p+1/t16-/m0/s1. The first-order valence-electron chi connectivity index (χ1n) is 9.35. The number of aryl methyl sites for hydroxylation is 2. The molecule has 3 aromatic rings. The molecule has 0 radical (unpaired) electrons. The number of aliphatic hydroxyl groups is 1. The molecule has 0 saturated heterocycles. The predicted octanol–water partition coefficient (Wildman–Crippen LogP) is 2.55. The van der Waals surface area contributed by atoms with Crippen molar-refractivity contribution in [2.45, 2.75) is 51.8 Å². The van der Waals surface area contributed by atoms with Gasteiger partial charge in [0.15, 0.2) is 5.76 Å². The fourth-order valence-electron chi connectivity index (χ4n) is 4.09. The molecule has 4 rings (SSSR count). The maximum atomic E-state index is 10.6. The smallest absolute Gasteiger partial charge is 0.157 e. The highest BCUT2D eigenvalue weighted by Crippen LogP contribution is 2.32. The van der Waals surface area contributed by atoms with Crippen molar-refractivity contribution in [3.8, 4) is 0 Å². The van der Waals surface area contributed by atoms with Crippen molar-refractivity contribution in [2.24, 2.45) is 0 Å². The van der Waals surface area contributed by atoms with Gasteiger partial charge >= 0.3 is 0 Å². The summed E-state index contributed by atoms with van der Waals surface area (Å²) in [5, 5.41) is 14.1. The van der Waals surface area contributed by atoms with Crippen molar-refractivity contribution in [1.82, 2.24) is 4.57 Å². The van der Waals surface area contributed by atoms with Crippen LogP contribution >= 0.6 is 0 Å². The van der Waals surface area contributed by atoms with Crippen molar-refractivity contribution in [3.05, 3.63) is 59.2 Å². The summed E-state index contributed by atoms with van der Waals surface area (Å²) in [5.74, 6) is 0.950. The third-order valence-electron chi connectivity index (χ3n) is 5.29. The molecule has 1 aliphatic rings. The van der Waals surface area contributed by atoms with Gasteiger partial charge in [0.1, 0.15) is 19.2 Å². The molecule has 0 bridgehead atoms. The Bertz CT molecular complexity index is 849. The SMILES string of the molecule is Cc1ccc2c(c1)c1c(n2C[C@@H](O)C[NH2+]Cc2ccco2)CCCC1. The third-order valence-corrected chi connectivity index (χ3v) is 5.29. The first-order chi connectivity index (χ1) is 12.2. The van der Waals surface area contributed by atoms with E-state index in [2.05, 4.69) is 35.0 Å². The molecule has 0 amide bonds. The molecule has 1 aliphatic carbocycles. The van der Waals surface area contributed by atoms with Gasteiger partial charge < -0.3 is 19.4 Å². The summed E-state index contributed by atoms with van der Waals surface area (Å²) in [4.78, 5) is 0. The average Bonchev–Trinajstić information content (AvgIpc) is 3.22. The van der Waals surface area contributed by atoms with Crippen LogP contribution in [0.15, 0.2) is 41.0 Å². The van der Waals surface area contributed by atoms with Crippen molar-refractivity contribution >= 4 is 10.9 Å². The first-order valence-corrected chi connectivity index (χ1v) is 9.35. The second kappa shape index (κ2) is 7.06. The molecule has 0 fully saturated rings. The van der Waals surface area contributed by atoms with Gasteiger partial charge in [0, 0.05) is 16.6 Å². The lowest BCUT2D eigenvalue weighted by atomic mass is 9.95. The van der Waals surface area contributed by atoms with Crippen LogP contribution in [0.2, 0.25) is 0 Å². The molecule has 0 unspecified atom stereocenters. The van der Waals surface area contributed by atoms with E-state index in [1.54, 1.807) is 6.26 Å². The second-order valence-corrected chi connectivity index (χ2v) is 7.23. The second-order valence-electron chi connectivity index (χ2n) is 7.23. The van der Waals surface area contributed by atoms with E-state index in [4.69, 9.17) is 4.42 Å². The van der Waals surface area contributed by atoms with E-state index in [0.717, 1.165) is 18.7 Å². The molecule has 4 nitrogen and oxygen atoms in total. The van der Waals surface area contributed by atoms with E-state index < -0.39 is 0 Å². The van der Waals surface area contributed by atoms with Crippen LogP contribution in [0.1, 0.15) is 35.4 Å². The van der Waals surface area contributed by atoms with Crippen LogP contribution in [0, 0.1) is 6.92 Å². The lowest BCUT2D eigenvalue weighted by Crippen LogP contribution is -2.85. The Balaban J connectivity index is 1.52. The fourth-order valence-corrected chi connectivity index (χ4v) is 4.09. The Kier molecular flexibility index (Phi) is 4.64. The molecule has 2 aromatic heterocycles. The van der Waals surface area contributed by atoms with Crippen LogP contribution in [0.4, 0.5) is 0 Å². The monoisotopic (exact) mass is 339 g/mol. The van der Waals surface area contributed by atoms with E-state index in [9.17, 15) is 5.11 Å². The minimum absolute atomic E-state index is 0.363. The van der Waals surface area contributed by atoms with Crippen LogP contribution in [-0.4, -0.2) is 22.3 Å². The third kappa shape index (κ3) is 3.37. The van der Waals surface area contributed by atoms with Crippen LogP contribution in [0.5, 0.6) is 0 Å². The maximum absolute atomic E-state index is 10.6. The Morgan fingerprint density at radius 1 is 1.24 bits per heavy atom. The molecule has 1 atom stereocenters. The van der Waals surface area contributed by atoms with Gasteiger partial charge in [-0.1, -0.05) is 11.6 Å². The number of aromatic nitrogens is 1. The number of furan rings is 1. The zero-order valence-corrected chi connectivity index (χ0v) is 14.9. The number of aliphatic hydroxyl groups excluding tert-OH is 1. The molecule has 25 heavy (non-hydrogen) atoms. The highest BCUT2D eigenvalue weighted by molar-refractivity contribution is 5.86. The van der Waals surface area contributed by atoms with Gasteiger partial charge in [-0.25, -0.2) is 0 Å². The van der Waals surface area contributed by atoms with Gasteiger partial charge in [-0.3, -0.25) is 0 Å². The number of fused-ring (bicyclic) bond motifs is 3. The lowest BCUT2D eigenvalue weighted by Gasteiger charge is -2.18. The van der Waals surface area contributed by atoms with Gasteiger partial charge in [-0.15, -0.1) is 0 Å².